The lowest BCUT2D eigenvalue weighted by molar-refractivity contribution is -0.139. The number of likely N-dealkylation sites (tertiary alicyclic amines) is 1. The van der Waals surface area contributed by atoms with Crippen molar-refractivity contribution in [3.05, 3.63) is 69.7 Å². The molecule has 0 radical (unpaired) electrons. The van der Waals surface area contributed by atoms with Crippen LogP contribution in [0.5, 0.6) is 0 Å². The van der Waals surface area contributed by atoms with E-state index in [0.29, 0.717) is 36.5 Å². The summed E-state index contributed by atoms with van der Waals surface area (Å²) in [5.74, 6) is 0.236. The van der Waals surface area contributed by atoms with Crippen molar-refractivity contribution in [3.8, 4) is 0 Å². The van der Waals surface area contributed by atoms with Crippen molar-refractivity contribution < 1.29 is 9.59 Å². The predicted octanol–water partition coefficient (Wildman–Crippen LogP) is 4.75. The van der Waals surface area contributed by atoms with Crippen LogP contribution in [0.3, 0.4) is 0 Å². The maximum atomic E-state index is 13.1. The number of benzene rings is 2. The molecule has 5 nitrogen and oxygen atoms in total. The van der Waals surface area contributed by atoms with Gasteiger partial charge in [-0.3, -0.25) is 14.5 Å². The number of nitrogens with zero attached hydrogens (tertiary/aromatic N) is 3. The maximum absolute atomic E-state index is 13.1. The molecular weight excluding hydrogens is 445 g/mol. The highest BCUT2D eigenvalue weighted by molar-refractivity contribution is 6.31. The molecule has 2 fully saturated rings. The molecule has 0 aliphatic carbocycles. The van der Waals surface area contributed by atoms with Crippen LogP contribution in [0.1, 0.15) is 41.7 Å². The van der Waals surface area contributed by atoms with Crippen molar-refractivity contribution in [2.24, 2.45) is 5.92 Å². The summed E-state index contributed by atoms with van der Waals surface area (Å²) in [6, 6.07) is 15.2. The molecule has 2 heterocycles. The van der Waals surface area contributed by atoms with Gasteiger partial charge in [0.2, 0.25) is 5.91 Å². The van der Waals surface area contributed by atoms with Gasteiger partial charge in [-0.2, -0.15) is 0 Å². The first kappa shape index (κ1) is 23.1. The molecule has 1 unspecified atom stereocenters. The summed E-state index contributed by atoms with van der Waals surface area (Å²) >= 11 is 12.3. The van der Waals surface area contributed by atoms with Crippen LogP contribution >= 0.6 is 23.2 Å². The summed E-state index contributed by atoms with van der Waals surface area (Å²) < 4.78 is 0. The van der Waals surface area contributed by atoms with Crippen molar-refractivity contribution in [2.45, 2.75) is 25.8 Å². The Hall–Kier alpha value is -2.08. The molecule has 2 aromatic rings. The van der Waals surface area contributed by atoms with Crippen molar-refractivity contribution in [3.63, 3.8) is 0 Å². The van der Waals surface area contributed by atoms with Gasteiger partial charge in [0, 0.05) is 66.8 Å². The van der Waals surface area contributed by atoms with Gasteiger partial charge in [-0.1, -0.05) is 41.4 Å². The van der Waals surface area contributed by atoms with E-state index in [-0.39, 0.29) is 23.8 Å². The number of hydrogen-bond donors (Lipinski definition) is 0. The Morgan fingerprint density at radius 1 is 0.844 bits per heavy atom. The average Bonchev–Trinajstić information content (AvgIpc) is 2.84. The average molecular weight is 474 g/mol. The Morgan fingerprint density at radius 2 is 1.47 bits per heavy atom. The zero-order valence-corrected chi connectivity index (χ0v) is 19.9. The van der Waals surface area contributed by atoms with Gasteiger partial charge in [0.15, 0.2) is 0 Å². The Kier molecular flexibility index (Phi) is 7.39. The third-order valence-electron chi connectivity index (χ3n) is 6.75. The zero-order valence-electron chi connectivity index (χ0n) is 18.3. The quantitative estimate of drug-likeness (QED) is 0.643. The first-order chi connectivity index (χ1) is 15.4. The van der Waals surface area contributed by atoms with Crippen LogP contribution in [0.15, 0.2) is 48.5 Å². The third kappa shape index (κ3) is 5.11. The molecule has 7 heteroatoms. The van der Waals surface area contributed by atoms with Gasteiger partial charge < -0.3 is 9.80 Å². The SMILES string of the molecule is CC(c1ccccc1Cl)N1CCN(C(=O)C2CCN(C(=O)c3ccc(Cl)cc3)CC2)CC1. The molecular formula is C25H29Cl2N3O2. The number of piperazine rings is 1. The molecule has 2 aromatic carbocycles. The first-order valence-electron chi connectivity index (χ1n) is 11.3. The number of halogens is 2. The van der Waals surface area contributed by atoms with Crippen LogP contribution in [-0.2, 0) is 4.79 Å². The van der Waals surface area contributed by atoms with Gasteiger partial charge in [0.1, 0.15) is 0 Å². The summed E-state index contributed by atoms with van der Waals surface area (Å²) in [6.07, 6.45) is 1.43. The number of carbonyl (C=O) groups is 2. The molecule has 2 saturated heterocycles. The monoisotopic (exact) mass is 473 g/mol. The lowest BCUT2D eigenvalue weighted by Gasteiger charge is -2.40. The fraction of sp³-hybridized carbons (Fsp3) is 0.440. The first-order valence-corrected chi connectivity index (χ1v) is 12.0. The number of piperidine rings is 1. The van der Waals surface area contributed by atoms with E-state index in [1.54, 1.807) is 24.3 Å². The van der Waals surface area contributed by atoms with E-state index in [9.17, 15) is 9.59 Å². The summed E-state index contributed by atoms with van der Waals surface area (Å²) in [5.41, 5.74) is 1.77. The van der Waals surface area contributed by atoms with Crippen LogP contribution in [-0.4, -0.2) is 65.8 Å². The lowest BCUT2D eigenvalue weighted by atomic mass is 9.94. The molecule has 0 spiro atoms. The Morgan fingerprint density at radius 3 is 2.09 bits per heavy atom. The van der Waals surface area contributed by atoms with Gasteiger partial charge in [-0.25, -0.2) is 0 Å². The number of hydrogen-bond acceptors (Lipinski definition) is 3. The van der Waals surface area contributed by atoms with Crippen LogP contribution in [0, 0.1) is 5.92 Å². The number of rotatable bonds is 4. The van der Waals surface area contributed by atoms with Gasteiger partial charge in [-0.15, -0.1) is 0 Å². The van der Waals surface area contributed by atoms with E-state index >= 15 is 0 Å². The van der Waals surface area contributed by atoms with Crippen molar-refractivity contribution in [2.75, 3.05) is 39.3 Å². The van der Waals surface area contributed by atoms with Crippen molar-refractivity contribution >= 4 is 35.0 Å². The summed E-state index contributed by atoms with van der Waals surface area (Å²) in [5, 5.41) is 1.41. The van der Waals surface area contributed by atoms with E-state index in [1.807, 2.05) is 28.0 Å². The van der Waals surface area contributed by atoms with Gasteiger partial charge in [0.05, 0.1) is 0 Å². The molecule has 0 N–H and O–H groups in total. The van der Waals surface area contributed by atoms with Crippen LogP contribution in [0.4, 0.5) is 0 Å². The molecule has 0 aromatic heterocycles. The highest BCUT2D eigenvalue weighted by Crippen LogP contribution is 2.28. The van der Waals surface area contributed by atoms with E-state index in [1.165, 1.54) is 0 Å². The molecule has 2 aliphatic heterocycles. The highest BCUT2D eigenvalue weighted by atomic mass is 35.5. The van der Waals surface area contributed by atoms with Crippen molar-refractivity contribution in [1.29, 1.82) is 0 Å². The Labute approximate surface area is 199 Å². The second-order valence-electron chi connectivity index (χ2n) is 8.63. The largest absolute Gasteiger partial charge is 0.340 e. The lowest BCUT2D eigenvalue weighted by Crippen LogP contribution is -2.52. The van der Waals surface area contributed by atoms with E-state index in [4.69, 9.17) is 23.2 Å². The van der Waals surface area contributed by atoms with Crippen molar-refractivity contribution in [1.82, 2.24) is 14.7 Å². The molecule has 0 bridgehead atoms. The van der Waals surface area contributed by atoms with Crippen LogP contribution in [0.2, 0.25) is 10.0 Å². The predicted molar refractivity (Wildman–Crippen MR) is 128 cm³/mol. The third-order valence-corrected chi connectivity index (χ3v) is 7.35. The zero-order chi connectivity index (χ0) is 22.7. The highest BCUT2D eigenvalue weighted by Gasteiger charge is 2.33. The topological polar surface area (TPSA) is 43.9 Å². The summed E-state index contributed by atoms with van der Waals surface area (Å²) in [4.78, 5) is 32.0. The minimum absolute atomic E-state index is 0.00295. The molecule has 4 rings (SSSR count). The minimum atomic E-state index is -0.00295. The van der Waals surface area contributed by atoms with Crippen LogP contribution < -0.4 is 0 Å². The Bertz CT molecular complexity index is 950. The van der Waals surface area contributed by atoms with E-state index in [2.05, 4.69) is 17.9 Å². The molecule has 1 atom stereocenters. The second-order valence-corrected chi connectivity index (χ2v) is 9.48. The van der Waals surface area contributed by atoms with Crippen LogP contribution in [0.25, 0.3) is 0 Å². The molecule has 2 aliphatic rings. The minimum Gasteiger partial charge on any atom is -0.340 e. The van der Waals surface area contributed by atoms with Gasteiger partial charge >= 0.3 is 0 Å². The fourth-order valence-electron chi connectivity index (χ4n) is 4.70. The van der Waals surface area contributed by atoms with E-state index < -0.39 is 0 Å². The van der Waals surface area contributed by atoms with Gasteiger partial charge in [-0.05, 0) is 55.7 Å². The number of amides is 2. The Balaban J connectivity index is 1.27. The van der Waals surface area contributed by atoms with E-state index in [0.717, 1.165) is 36.8 Å². The molecule has 2 amide bonds. The number of carbonyl (C=O) groups excluding carboxylic acids is 2. The van der Waals surface area contributed by atoms with Gasteiger partial charge in [0.25, 0.3) is 5.91 Å². The summed E-state index contributed by atoms with van der Waals surface area (Å²) in [7, 11) is 0. The second kappa shape index (κ2) is 10.2. The molecule has 0 saturated carbocycles. The summed E-state index contributed by atoms with van der Waals surface area (Å²) in [6.45, 7) is 6.54. The normalized spacial score (nSPS) is 19.1. The molecule has 32 heavy (non-hydrogen) atoms. The fourth-order valence-corrected chi connectivity index (χ4v) is 5.12. The standard InChI is InChI=1S/C25H29Cl2N3O2/c1-18(22-4-2-3-5-23(22)27)28-14-16-30(17-15-28)25(32)20-10-12-29(13-11-20)24(31)19-6-8-21(26)9-7-19/h2-9,18,20H,10-17H2,1H3. The maximum Gasteiger partial charge on any atom is 0.253 e. The smallest absolute Gasteiger partial charge is 0.253 e. The molecule has 170 valence electrons.